The summed E-state index contributed by atoms with van der Waals surface area (Å²) < 4.78 is 5.24. The molecule has 0 radical (unpaired) electrons. The average Bonchev–Trinajstić information content (AvgIpc) is 2.34. The maximum Gasteiger partial charge on any atom is 0.407 e. The summed E-state index contributed by atoms with van der Waals surface area (Å²) in [7, 11) is 0. The molecule has 3 N–H and O–H groups in total. The van der Waals surface area contributed by atoms with Crippen LogP contribution < -0.4 is 11.1 Å². The molecule has 0 heterocycles. The lowest BCUT2D eigenvalue weighted by Gasteiger charge is -2.41. The van der Waals surface area contributed by atoms with Gasteiger partial charge in [0.25, 0.3) is 0 Å². The molecule has 1 amide bonds. The molecule has 21 heavy (non-hydrogen) atoms. The van der Waals surface area contributed by atoms with Crippen molar-refractivity contribution in [1.29, 1.82) is 0 Å². The third kappa shape index (κ3) is 3.97. The number of alkyl carbamates (subject to hydrolysis) is 1. The van der Waals surface area contributed by atoms with Crippen LogP contribution in [0.4, 0.5) is 4.79 Å². The van der Waals surface area contributed by atoms with E-state index >= 15 is 0 Å². The standard InChI is InChI=1S/C17H26N2O2/c1-16(2,3)21-15(20)19-11-13-6-4-7-14(10-13)17(12-18)8-5-9-17/h4,6-7,10H,5,8-9,11-12,18H2,1-3H3,(H,19,20). The molecule has 0 saturated heterocycles. The fourth-order valence-corrected chi connectivity index (χ4v) is 2.71. The van der Waals surface area contributed by atoms with Crippen molar-refractivity contribution in [3.63, 3.8) is 0 Å². The molecule has 0 spiro atoms. The Morgan fingerprint density at radius 2 is 2.10 bits per heavy atom. The van der Waals surface area contributed by atoms with E-state index in [4.69, 9.17) is 10.5 Å². The van der Waals surface area contributed by atoms with Crippen LogP contribution in [0.15, 0.2) is 24.3 Å². The molecule has 1 fully saturated rings. The van der Waals surface area contributed by atoms with Gasteiger partial charge >= 0.3 is 6.09 Å². The van der Waals surface area contributed by atoms with E-state index in [0.29, 0.717) is 13.1 Å². The normalized spacial score (nSPS) is 17.0. The first kappa shape index (κ1) is 15.8. The Labute approximate surface area is 127 Å². The Balaban J connectivity index is 1.97. The fraction of sp³-hybridized carbons (Fsp3) is 0.588. The van der Waals surface area contributed by atoms with Crippen molar-refractivity contribution in [2.75, 3.05) is 6.54 Å². The quantitative estimate of drug-likeness (QED) is 0.895. The van der Waals surface area contributed by atoms with Crippen LogP contribution >= 0.6 is 0 Å². The minimum absolute atomic E-state index is 0.155. The van der Waals surface area contributed by atoms with Crippen molar-refractivity contribution in [2.45, 2.75) is 57.6 Å². The molecule has 0 atom stereocenters. The summed E-state index contributed by atoms with van der Waals surface area (Å²) in [6, 6.07) is 8.35. The van der Waals surface area contributed by atoms with E-state index in [1.807, 2.05) is 32.9 Å². The van der Waals surface area contributed by atoms with Crippen molar-refractivity contribution in [3.05, 3.63) is 35.4 Å². The van der Waals surface area contributed by atoms with Gasteiger partial charge in [-0.25, -0.2) is 4.79 Å². The maximum atomic E-state index is 11.7. The first-order valence-electron chi connectivity index (χ1n) is 7.61. The Kier molecular flexibility index (Phi) is 4.57. The van der Waals surface area contributed by atoms with Crippen LogP contribution in [0, 0.1) is 0 Å². The van der Waals surface area contributed by atoms with Crippen LogP contribution in [0.5, 0.6) is 0 Å². The van der Waals surface area contributed by atoms with Gasteiger partial charge in [0.2, 0.25) is 0 Å². The van der Waals surface area contributed by atoms with E-state index in [2.05, 4.69) is 17.4 Å². The minimum atomic E-state index is -0.471. The first-order chi connectivity index (χ1) is 9.85. The molecule has 1 aromatic carbocycles. The van der Waals surface area contributed by atoms with Crippen LogP contribution in [-0.2, 0) is 16.7 Å². The number of carbonyl (C=O) groups excluding carboxylic acids is 1. The zero-order valence-electron chi connectivity index (χ0n) is 13.2. The van der Waals surface area contributed by atoms with Crippen LogP contribution in [0.3, 0.4) is 0 Å². The Morgan fingerprint density at radius 1 is 1.38 bits per heavy atom. The Hall–Kier alpha value is -1.55. The van der Waals surface area contributed by atoms with Crippen molar-refractivity contribution < 1.29 is 9.53 Å². The van der Waals surface area contributed by atoms with Gasteiger partial charge in [0.05, 0.1) is 0 Å². The smallest absolute Gasteiger partial charge is 0.407 e. The molecule has 0 bridgehead atoms. The van der Waals surface area contributed by atoms with Crippen LogP contribution in [0.2, 0.25) is 0 Å². The topological polar surface area (TPSA) is 64.3 Å². The van der Waals surface area contributed by atoms with Crippen molar-refractivity contribution >= 4 is 6.09 Å². The van der Waals surface area contributed by atoms with Gasteiger partial charge < -0.3 is 15.8 Å². The monoisotopic (exact) mass is 290 g/mol. The molecule has 116 valence electrons. The van der Waals surface area contributed by atoms with Crippen molar-refractivity contribution in [3.8, 4) is 0 Å². The third-order valence-corrected chi connectivity index (χ3v) is 4.08. The average molecular weight is 290 g/mol. The number of carbonyl (C=O) groups is 1. The van der Waals surface area contributed by atoms with E-state index < -0.39 is 5.60 Å². The maximum absolute atomic E-state index is 11.7. The highest BCUT2D eigenvalue weighted by atomic mass is 16.6. The van der Waals surface area contributed by atoms with Gasteiger partial charge in [-0.3, -0.25) is 0 Å². The minimum Gasteiger partial charge on any atom is -0.444 e. The van der Waals surface area contributed by atoms with E-state index in [1.165, 1.54) is 12.0 Å². The highest BCUT2D eigenvalue weighted by molar-refractivity contribution is 5.67. The molecule has 4 nitrogen and oxygen atoms in total. The third-order valence-electron chi connectivity index (χ3n) is 4.08. The summed E-state index contributed by atoms with van der Waals surface area (Å²) in [6.07, 6.45) is 3.18. The summed E-state index contributed by atoms with van der Waals surface area (Å²) in [5, 5.41) is 2.80. The predicted octanol–water partition coefficient (Wildman–Crippen LogP) is 3.09. The summed E-state index contributed by atoms with van der Waals surface area (Å²) in [5.74, 6) is 0. The molecule has 0 aromatic heterocycles. The molecule has 0 unspecified atom stereocenters. The highest BCUT2D eigenvalue weighted by Crippen LogP contribution is 2.42. The van der Waals surface area contributed by atoms with Crippen molar-refractivity contribution in [2.24, 2.45) is 5.73 Å². The lowest BCUT2D eigenvalue weighted by molar-refractivity contribution is 0.0523. The SMILES string of the molecule is CC(C)(C)OC(=O)NCc1cccc(C2(CN)CCC2)c1. The number of nitrogens with one attached hydrogen (secondary N) is 1. The van der Waals surface area contributed by atoms with E-state index in [-0.39, 0.29) is 11.5 Å². The van der Waals surface area contributed by atoms with E-state index in [0.717, 1.165) is 18.4 Å². The largest absolute Gasteiger partial charge is 0.444 e. The second-order valence-corrected chi connectivity index (χ2v) is 6.89. The van der Waals surface area contributed by atoms with Crippen molar-refractivity contribution in [1.82, 2.24) is 5.32 Å². The van der Waals surface area contributed by atoms with Crippen LogP contribution in [0.1, 0.15) is 51.2 Å². The molecule has 2 rings (SSSR count). The molecule has 1 aliphatic carbocycles. The molecule has 0 aliphatic heterocycles. The van der Waals surface area contributed by atoms with Gasteiger partial charge in [0.1, 0.15) is 5.60 Å². The summed E-state index contributed by atoms with van der Waals surface area (Å²) in [6.45, 7) is 6.73. The van der Waals surface area contributed by atoms with Gasteiger partial charge in [-0.1, -0.05) is 30.7 Å². The number of hydrogen-bond acceptors (Lipinski definition) is 3. The molecule has 1 saturated carbocycles. The number of amides is 1. The lowest BCUT2D eigenvalue weighted by Crippen LogP contribution is -2.41. The first-order valence-corrected chi connectivity index (χ1v) is 7.61. The second kappa shape index (κ2) is 6.06. The van der Waals surface area contributed by atoms with Gasteiger partial charge in [0.15, 0.2) is 0 Å². The number of benzene rings is 1. The van der Waals surface area contributed by atoms with E-state index in [9.17, 15) is 4.79 Å². The number of hydrogen-bond donors (Lipinski definition) is 2. The van der Waals surface area contributed by atoms with Crippen LogP contribution in [-0.4, -0.2) is 18.2 Å². The van der Waals surface area contributed by atoms with Gasteiger partial charge in [-0.15, -0.1) is 0 Å². The summed E-state index contributed by atoms with van der Waals surface area (Å²) in [4.78, 5) is 11.7. The predicted molar refractivity (Wildman–Crippen MR) is 84.1 cm³/mol. The van der Waals surface area contributed by atoms with Gasteiger partial charge in [-0.2, -0.15) is 0 Å². The van der Waals surface area contributed by atoms with Gasteiger partial charge in [-0.05, 0) is 44.7 Å². The second-order valence-electron chi connectivity index (χ2n) is 6.89. The molecule has 1 aliphatic rings. The molecule has 4 heteroatoms. The number of nitrogens with two attached hydrogens (primary N) is 1. The van der Waals surface area contributed by atoms with E-state index in [1.54, 1.807) is 0 Å². The zero-order valence-corrected chi connectivity index (χ0v) is 13.2. The summed E-state index contributed by atoms with van der Waals surface area (Å²) >= 11 is 0. The summed E-state index contributed by atoms with van der Waals surface area (Å²) in [5.41, 5.74) is 8.01. The number of ether oxygens (including phenoxy) is 1. The lowest BCUT2D eigenvalue weighted by atomic mass is 9.64. The Morgan fingerprint density at radius 3 is 2.62 bits per heavy atom. The number of rotatable bonds is 4. The molecule has 1 aromatic rings. The van der Waals surface area contributed by atoms with Crippen LogP contribution in [0.25, 0.3) is 0 Å². The molecular weight excluding hydrogens is 264 g/mol. The highest BCUT2D eigenvalue weighted by Gasteiger charge is 2.37. The van der Waals surface area contributed by atoms with Gasteiger partial charge in [0, 0.05) is 18.5 Å². The Bertz CT molecular complexity index is 496. The molecular formula is C17H26N2O2. The zero-order chi connectivity index (χ0) is 15.5. The fourth-order valence-electron chi connectivity index (χ4n) is 2.71.